The average Bonchev–Trinajstić information content (AvgIpc) is 3.03. The molecule has 16 heavy (non-hydrogen) atoms. The first kappa shape index (κ1) is 11.3. The van der Waals surface area contributed by atoms with Gasteiger partial charge in [-0.25, -0.2) is 9.67 Å². The molecule has 1 aromatic heterocycles. The highest BCUT2D eigenvalue weighted by molar-refractivity contribution is 5.84. The lowest BCUT2D eigenvalue weighted by Crippen LogP contribution is -2.25. The van der Waals surface area contributed by atoms with E-state index in [4.69, 9.17) is 0 Å². The third kappa shape index (κ3) is 2.47. The van der Waals surface area contributed by atoms with Crippen molar-refractivity contribution in [2.24, 2.45) is 5.92 Å². The van der Waals surface area contributed by atoms with Gasteiger partial charge in [-0.3, -0.25) is 4.79 Å². The topological polar surface area (TPSA) is 68.0 Å². The Morgan fingerprint density at radius 3 is 3.06 bits per heavy atom. The van der Waals surface area contributed by atoms with E-state index in [-0.39, 0.29) is 18.1 Å². The molecule has 1 unspecified atom stereocenters. The fraction of sp³-hybridized carbons (Fsp3) is 0.727. The number of ketones is 1. The second kappa shape index (κ2) is 4.74. The number of nitrogens with zero attached hydrogens (tertiary/aromatic N) is 3. The fourth-order valence-corrected chi connectivity index (χ4v) is 1.76. The van der Waals surface area contributed by atoms with Gasteiger partial charge in [0, 0.05) is 6.54 Å². The van der Waals surface area contributed by atoms with Gasteiger partial charge in [-0.2, -0.15) is 5.10 Å². The van der Waals surface area contributed by atoms with Crippen molar-refractivity contribution < 1.29 is 9.90 Å². The van der Waals surface area contributed by atoms with E-state index in [0.29, 0.717) is 5.82 Å². The molecule has 0 amide bonds. The molecule has 1 aliphatic rings. The summed E-state index contributed by atoms with van der Waals surface area (Å²) in [4.78, 5) is 15.8. The number of Topliss-reactive ketones (excluding diaryl/α,β-unsaturated/α-hetero) is 1. The summed E-state index contributed by atoms with van der Waals surface area (Å²) >= 11 is 0. The molecule has 1 saturated carbocycles. The van der Waals surface area contributed by atoms with E-state index in [1.807, 2.05) is 6.92 Å². The summed E-state index contributed by atoms with van der Waals surface area (Å²) in [5.41, 5.74) is 0. The van der Waals surface area contributed by atoms with Crippen molar-refractivity contribution in [3.63, 3.8) is 0 Å². The van der Waals surface area contributed by atoms with E-state index >= 15 is 0 Å². The quantitative estimate of drug-likeness (QED) is 0.765. The molecule has 1 fully saturated rings. The number of carbonyl (C=O) groups is 1. The molecule has 1 N–H and O–H groups in total. The standard InChI is InChI=1S/C11H17N3O2/c1-2-5-14-10(12-7-13-14)6-9(15)11(16)8-3-4-8/h7-8,11,16H,2-6H2,1H3. The molecule has 0 bridgehead atoms. The van der Waals surface area contributed by atoms with Crippen LogP contribution in [-0.4, -0.2) is 31.8 Å². The zero-order valence-corrected chi connectivity index (χ0v) is 9.46. The maximum atomic E-state index is 11.7. The van der Waals surface area contributed by atoms with Crippen molar-refractivity contribution in [3.05, 3.63) is 12.2 Å². The van der Waals surface area contributed by atoms with Gasteiger partial charge in [-0.15, -0.1) is 0 Å². The van der Waals surface area contributed by atoms with Crippen LogP contribution in [-0.2, 0) is 17.8 Å². The Morgan fingerprint density at radius 2 is 2.44 bits per heavy atom. The lowest BCUT2D eigenvalue weighted by molar-refractivity contribution is -0.127. The van der Waals surface area contributed by atoms with E-state index in [1.54, 1.807) is 4.68 Å². The molecule has 1 aromatic rings. The van der Waals surface area contributed by atoms with Crippen LogP contribution in [0.25, 0.3) is 0 Å². The number of rotatable bonds is 6. The molecule has 0 saturated heterocycles. The van der Waals surface area contributed by atoms with Crippen LogP contribution in [0.4, 0.5) is 0 Å². The molecule has 5 heteroatoms. The zero-order chi connectivity index (χ0) is 11.5. The minimum atomic E-state index is -0.799. The van der Waals surface area contributed by atoms with E-state index in [2.05, 4.69) is 10.1 Å². The predicted molar refractivity (Wildman–Crippen MR) is 57.8 cm³/mol. The van der Waals surface area contributed by atoms with Crippen LogP contribution in [0.2, 0.25) is 0 Å². The third-order valence-electron chi connectivity index (χ3n) is 2.86. The molecule has 1 atom stereocenters. The van der Waals surface area contributed by atoms with Gasteiger partial charge in [0.05, 0.1) is 6.42 Å². The second-order valence-electron chi connectivity index (χ2n) is 4.32. The van der Waals surface area contributed by atoms with Crippen molar-refractivity contribution in [2.75, 3.05) is 0 Å². The largest absolute Gasteiger partial charge is 0.385 e. The summed E-state index contributed by atoms with van der Waals surface area (Å²) in [7, 11) is 0. The van der Waals surface area contributed by atoms with Crippen molar-refractivity contribution in [1.29, 1.82) is 0 Å². The Hall–Kier alpha value is -1.23. The number of hydrogen-bond acceptors (Lipinski definition) is 4. The van der Waals surface area contributed by atoms with Crippen LogP contribution in [0.1, 0.15) is 32.0 Å². The van der Waals surface area contributed by atoms with Crippen molar-refractivity contribution >= 4 is 5.78 Å². The van der Waals surface area contributed by atoms with E-state index in [1.165, 1.54) is 6.33 Å². The molecule has 88 valence electrons. The maximum absolute atomic E-state index is 11.7. The highest BCUT2D eigenvalue weighted by Crippen LogP contribution is 2.33. The zero-order valence-electron chi connectivity index (χ0n) is 9.46. The Kier molecular flexibility index (Phi) is 3.33. The second-order valence-corrected chi connectivity index (χ2v) is 4.32. The lowest BCUT2D eigenvalue weighted by atomic mass is 10.1. The van der Waals surface area contributed by atoms with Crippen LogP contribution in [0.3, 0.4) is 0 Å². The van der Waals surface area contributed by atoms with Crippen LogP contribution >= 0.6 is 0 Å². The van der Waals surface area contributed by atoms with Gasteiger partial charge in [0.15, 0.2) is 5.78 Å². The van der Waals surface area contributed by atoms with Crippen molar-refractivity contribution in [1.82, 2.24) is 14.8 Å². The minimum absolute atomic E-state index is 0.132. The average molecular weight is 223 g/mol. The summed E-state index contributed by atoms with van der Waals surface area (Å²) < 4.78 is 1.73. The SMILES string of the molecule is CCCn1ncnc1CC(=O)C(O)C1CC1. The number of aliphatic hydroxyl groups excluding tert-OH is 1. The van der Waals surface area contributed by atoms with Gasteiger partial charge in [0.1, 0.15) is 18.3 Å². The van der Waals surface area contributed by atoms with Gasteiger partial charge >= 0.3 is 0 Å². The molecular weight excluding hydrogens is 206 g/mol. The van der Waals surface area contributed by atoms with E-state index < -0.39 is 6.10 Å². The van der Waals surface area contributed by atoms with Crippen LogP contribution in [0.5, 0.6) is 0 Å². The van der Waals surface area contributed by atoms with E-state index in [9.17, 15) is 9.90 Å². The van der Waals surface area contributed by atoms with Crippen LogP contribution < -0.4 is 0 Å². The smallest absolute Gasteiger partial charge is 0.169 e. The number of aryl methyl sites for hydroxylation is 1. The first-order valence-electron chi connectivity index (χ1n) is 5.79. The lowest BCUT2D eigenvalue weighted by Gasteiger charge is -2.08. The van der Waals surface area contributed by atoms with Crippen LogP contribution in [0.15, 0.2) is 6.33 Å². The maximum Gasteiger partial charge on any atom is 0.169 e. The molecule has 0 spiro atoms. The normalized spacial score (nSPS) is 17.4. The summed E-state index contributed by atoms with van der Waals surface area (Å²) in [6.07, 6.45) is 3.74. The summed E-state index contributed by atoms with van der Waals surface area (Å²) in [5.74, 6) is 0.717. The Labute approximate surface area is 94.5 Å². The molecule has 2 rings (SSSR count). The Morgan fingerprint density at radius 1 is 1.69 bits per heavy atom. The number of carbonyl (C=O) groups excluding carboxylic acids is 1. The highest BCUT2D eigenvalue weighted by Gasteiger charge is 2.34. The van der Waals surface area contributed by atoms with E-state index in [0.717, 1.165) is 25.8 Å². The first-order valence-corrected chi connectivity index (χ1v) is 5.79. The van der Waals surface area contributed by atoms with Crippen molar-refractivity contribution in [3.8, 4) is 0 Å². The molecule has 1 heterocycles. The number of aliphatic hydroxyl groups is 1. The minimum Gasteiger partial charge on any atom is -0.385 e. The highest BCUT2D eigenvalue weighted by atomic mass is 16.3. The van der Waals surface area contributed by atoms with Gasteiger partial charge in [0.25, 0.3) is 0 Å². The van der Waals surface area contributed by atoms with Gasteiger partial charge in [-0.1, -0.05) is 6.92 Å². The Balaban J connectivity index is 1.96. The van der Waals surface area contributed by atoms with Crippen LogP contribution in [0, 0.1) is 5.92 Å². The summed E-state index contributed by atoms with van der Waals surface area (Å²) in [5, 5.41) is 13.7. The summed E-state index contributed by atoms with van der Waals surface area (Å²) in [6, 6.07) is 0. The monoisotopic (exact) mass is 223 g/mol. The number of aromatic nitrogens is 3. The first-order chi connectivity index (χ1) is 7.72. The number of hydrogen-bond donors (Lipinski definition) is 1. The molecule has 0 aromatic carbocycles. The molecular formula is C11H17N3O2. The predicted octanol–water partition coefficient (Wildman–Crippen LogP) is 0.571. The van der Waals surface area contributed by atoms with Crippen molar-refractivity contribution in [2.45, 2.75) is 45.3 Å². The molecule has 0 aliphatic heterocycles. The Bertz CT molecular complexity index is 371. The third-order valence-corrected chi connectivity index (χ3v) is 2.86. The van der Waals surface area contributed by atoms with Gasteiger partial charge in [0.2, 0.25) is 0 Å². The molecule has 0 radical (unpaired) electrons. The van der Waals surface area contributed by atoms with Gasteiger partial charge in [-0.05, 0) is 25.2 Å². The molecule has 1 aliphatic carbocycles. The fourth-order valence-electron chi connectivity index (χ4n) is 1.76. The molecule has 5 nitrogen and oxygen atoms in total. The summed E-state index contributed by atoms with van der Waals surface area (Å²) in [6.45, 7) is 2.81. The van der Waals surface area contributed by atoms with Gasteiger partial charge < -0.3 is 5.11 Å².